The van der Waals surface area contributed by atoms with E-state index >= 15 is 0 Å². The monoisotopic (exact) mass is 459 g/mol. The molecule has 0 aliphatic heterocycles. The smallest absolute Gasteiger partial charge is 0.353 e. The molecule has 6 nitrogen and oxygen atoms in total. The van der Waals surface area contributed by atoms with Gasteiger partial charge in [-0.1, -0.05) is 11.6 Å². The van der Waals surface area contributed by atoms with E-state index in [1.165, 1.54) is 23.6 Å². The molecule has 33 heavy (non-hydrogen) atoms. The molecule has 0 atom stereocenters. The largest absolute Gasteiger partial charge is 0.477 e. The zero-order chi connectivity index (χ0) is 23.1. The number of thiazole rings is 1. The van der Waals surface area contributed by atoms with Crippen LogP contribution in [0.3, 0.4) is 0 Å². The fourth-order valence-corrected chi connectivity index (χ4v) is 4.75. The van der Waals surface area contributed by atoms with Crippen LogP contribution in [0.5, 0.6) is 0 Å². The van der Waals surface area contributed by atoms with Gasteiger partial charge in [0.2, 0.25) is 0 Å². The van der Waals surface area contributed by atoms with E-state index < -0.39 is 17.3 Å². The molecule has 0 amide bonds. The minimum atomic E-state index is -1.20. The van der Waals surface area contributed by atoms with Crippen molar-refractivity contribution < 1.29 is 14.3 Å². The Labute approximate surface area is 191 Å². The number of carboxylic acids is 1. The van der Waals surface area contributed by atoms with Crippen molar-refractivity contribution in [3.8, 4) is 21.7 Å². The van der Waals surface area contributed by atoms with Crippen molar-refractivity contribution in [3.63, 3.8) is 0 Å². The van der Waals surface area contributed by atoms with Gasteiger partial charge in [-0.05, 0) is 49.4 Å². The van der Waals surface area contributed by atoms with E-state index in [4.69, 9.17) is 0 Å². The summed E-state index contributed by atoms with van der Waals surface area (Å²) in [6.45, 7) is 1.88. The zero-order valence-corrected chi connectivity index (χ0v) is 18.3. The molecule has 164 valence electrons. The van der Waals surface area contributed by atoms with Crippen molar-refractivity contribution in [2.75, 3.05) is 0 Å². The highest BCUT2D eigenvalue weighted by Gasteiger charge is 2.26. The number of pyridine rings is 1. The molecule has 3 aromatic heterocycles. The number of hydrogen-bond donors (Lipinski definition) is 2. The molecule has 8 heteroatoms. The fraction of sp³-hybridized carbons (Fsp3) is 0.0800. The van der Waals surface area contributed by atoms with Crippen LogP contribution in [-0.2, 0) is 6.54 Å². The van der Waals surface area contributed by atoms with Gasteiger partial charge in [0, 0.05) is 50.9 Å². The summed E-state index contributed by atoms with van der Waals surface area (Å²) in [5.74, 6) is -1.64. The van der Waals surface area contributed by atoms with E-state index in [0.717, 1.165) is 16.1 Å². The van der Waals surface area contributed by atoms with E-state index in [1.807, 2.05) is 24.4 Å². The van der Waals surface area contributed by atoms with Gasteiger partial charge >= 0.3 is 5.97 Å². The van der Waals surface area contributed by atoms with E-state index in [0.29, 0.717) is 22.0 Å². The Bertz CT molecular complexity index is 1570. The molecular weight excluding hydrogens is 441 g/mol. The van der Waals surface area contributed by atoms with Gasteiger partial charge in [0.25, 0.3) is 5.56 Å². The summed E-state index contributed by atoms with van der Waals surface area (Å²) in [5.41, 5.74) is 2.73. The number of halogens is 1. The lowest BCUT2D eigenvalue weighted by molar-refractivity contribution is 0.0687. The number of aromatic nitrogens is 3. The first kappa shape index (κ1) is 20.8. The van der Waals surface area contributed by atoms with Crippen molar-refractivity contribution in [2.24, 2.45) is 0 Å². The van der Waals surface area contributed by atoms with Crippen molar-refractivity contribution in [3.05, 3.63) is 99.3 Å². The van der Waals surface area contributed by atoms with Crippen LogP contribution in [0, 0.1) is 12.7 Å². The quantitative estimate of drug-likeness (QED) is 0.373. The normalized spacial score (nSPS) is 11.2. The van der Waals surface area contributed by atoms with Crippen LogP contribution in [0.15, 0.2) is 71.1 Å². The summed E-state index contributed by atoms with van der Waals surface area (Å²) in [6.07, 6.45) is 3.17. The third-order valence-corrected chi connectivity index (χ3v) is 6.38. The molecule has 0 aliphatic rings. The third kappa shape index (κ3) is 3.64. The van der Waals surface area contributed by atoms with Crippen LogP contribution < -0.4 is 5.56 Å². The SMILES string of the molecule is Cc1ccc2c(c1)c(-c1ccc[nH]c1=O)c(C(=O)O)n2Cc1cc(-c2nccs2)ccc1F. The summed E-state index contributed by atoms with van der Waals surface area (Å²) in [5, 5.41) is 13.4. The molecule has 5 rings (SSSR count). The minimum Gasteiger partial charge on any atom is -0.477 e. The highest BCUT2D eigenvalue weighted by molar-refractivity contribution is 7.13. The predicted molar refractivity (Wildman–Crippen MR) is 126 cm³/mol. The molecule has 0 radical (unpaired) electrons. The standard InChI is InChI=1S/C25H18FN3O3S/c1-14-4-7-20-18(11-14)21(17-3-2-8-27-23(17)30)22(25(31)32)29(20)13-16-12-15(5-6-19(16)26)24-28-9-10-33-24/h2-12H,13H2,1H3,(H,27,30)(H,31,32). The van der Waals surface area contributed by atoms with Crippen LogP contribution in [0.25, 0.3) is 32.6 Å². The van der Waals surface area contributed by atoms with Crippen molar-refractivity contribution in [2.45, 2.75) is 13.5 Å². The number of nitrogens with one attached hydrogen (secondary N) is 1. The average molecular weight is 460 g/mol. The molecule has 0 unspecified atom stereocenters. The second-order valence-corrected chi connectivity index (χ2v) is 8.59. The number of rotatable bonds is 5. The summed E-state index contributed by atoms with van der Waals surface area (Å²) in [6, 6.07) is 13.5. The summed E-state index contributed by atoms with van der Waals surface area (Å²) in [7, 11) is 0. The van der Waals surface area contributed by atoms with Gasteiger partial charge < -0.3 is 14.7 Å². The van der Waals surface area contributed by atoms with Gasteiger partial charge in [-0.15, -0.1) is 11.3 Å². The number of H-pyrrole nitrogens is 1. The summed E-state index contributed by atoms with van der Waals surface area (Å²) < 4.78 is 16.4. The maximum absolute atomic E-state index is 14.9. The van der Waals surface area contributed by atoms with Gasteiger partial charge in [0.15, 0.2) is 0 Å². The van der Waals surface area contributed by atoms with Gasteiger partial charge in [-0.2, -0.15) is 0 Å². The van der Waals surface area contributed by atoms with Crippen LogP contribution in [0.4, 0.5) is 4.39 Å². The molecule has 0 bridgehead atoms. The minimum absolute atomic E-state index is 0.0169. The van der Waals surface area contributed by atoms with Crippen LogP contribution in [0.1, 0.15) is 21.6 Å². The third-order valence-electron chi connectivity index (χ3n) is 5.56. The molecule has 5 aromatic rings. The Kier molecular flexibility index (Phi) is 5.14. The molecule has 2 aromatic carbocycles. The van der Waals surface area contributed by atoms with Crippen molar-refractivity contribution in [1.82, 2.24) is 14.5 Å². The Morgan fingerprint density at radius 1 is 1.21 bits per heavy atom. The molecule has 0 fully saturated rings. The second kappa shape index (κ2) is 8.14. The summed E-state index contributed by atoms with van der Waals surface area (Å²) in [4.78, 5) is 32.0. The number of hydrogen-bond acceptors (Lipinski definition) is 4. The molecule has 2 N–H and O–H groups in total. The maximum atomic E-state index is 14.9. The highest BCUT2D eigenvalue weighted by atomic mass is 32.1. The number of nitrogens with zero attached hydrogens (tertiary/aromatic N) is 2. The Balaban J connectivity index is 1.77. The number of carboxylic acid groups (broad SMARTS) is 1. The molecule has 0 saturated heterocycles. The molecular formula is C25H18FN3O3S. The predicted octanol–water partition coefficient (Wildman–Crippen LogP) is 5.31. The first-order valence-corrected chi connectivity index (χ1v) is 11.0. The first-order chi connectivity index (χ1) is 15.9. The highest BCUT2D eigenvalue weighted by Crippen LogP contribution is 2.35. The van der Waals surface area contributed by atoms with E-state index in [9.17, 15) is 19.1 Å². The number of aromatic amines is 1. The van der Waals surface area contributed by atoms with E-state index in [-0.39, 0.29) is 17.8 Å². The van der Waals surface area contributed by atoms with E-state index in [2.05, 4.69) is 9.97 Å². The molecule has 3 heterocycles. The molecule has 0 saturated carbocycles. The number of fused-ring (bicyclic) bond motifs is 1. The van der Waals surface area contributed by atoms with Crippen LogP contribution in [0.2, 0.25) is 0 Å². The number of aromatic carboxylic acids is 1. The lowest BCUT2D eigenvalue weighted by Gasteiger charge is -2.11. The number of benzene rings is 2. The van der Waals surface area contributed by atoms with Crippen molar-refractivity contribution >= 4 is 28.2 Å². The zero-order valence-electron chi connectivity index (χ0n) is 17.5. The lowest BCUT2D eigenvalue weighted by Crippen LogP contribution is -2.14. The Hall–Kier alpha value is -4.04. The Morgan fingerprint density at radius 3 is 2.79 bits per heavy atom. The lowest BCUT2D eigenvalue weighted by atomic mass is 10.0. The Morgan fingerprint density at radius 2 is 2.06 bits per heavy atom. The molecule has 0 aliphatic carbocycles. The van der Waals surface area contributed by atoms with Crippen LogP contribution >= 0.6 is 11.3 Å². The average Bonchev–Trinajstić information content (AvgIpc) is 3.42. The van der Waals surface area contributed by atoms with Gasteiger partial charge in [-0.3, -0.25) is 4.79 Å². The number of aryl methyl sites for hydroxylation is 1. The summed E-state index contributed by atoms with van der Waals surface area (Å²) >= 11 is 1.44. The fourth-order valence-electron chi connectivity index (χ4n) is 4.11. The second-order valence-electron chi connectivity index (χ2n) is 7.69. The van der Waals surface area contributed by atoms with Gasteiger partial charge in [-0.25, -0.2) is 14.2 Å². The number of carbonyl (C=O) groups is 1. The molecule has 0 spiro atoms. The topological polar surface area (TPSA) is 88.0 Å². The first-order valence-electron chi connectivity index (χ1n) is 10.2. The van der Waals surface area contributed by atoms with Crippen molar-refractivity contribution in [1.29, 1.82) is 0 Å². The van der Waals surface area contributed by atoms with Crippen LogP contribution in [-0.4, -0.2) is 25.6 Å². The van der Waals surface area contributed by atoms with Gasteiger partial charge in [0.05, 0.1) is 6.54 Å². The van der Waals surface area contributed by atoms with E-state index in [1.54, 1.807) is 41.1 Å². The maximum Gasteiger partial charge on any atom is 0.353 e. The van der Waals surface area contributed by atoms with Gasteiger partial charge in [0.1, 0.15) is 16.5 Å².